The Bertz CT molecular complexity index is 984. The maximum absolute atomic E-state index is 12.8. The average Bonchev–Trinajstić information content (AvgIpc) is 2.94. The summed E-state index contributed by atoms with van der Waals surface area (Å²) in [4.78, 5) is 29.9. The molecule has 0 aromatic carbocycles. The van der Waals surface area contributed by atoms with Crippen LogP contribution in [0.3, 0.4) is 0 Å². The molecule has 3 aromatic rings. The van der Waals surface area contributed by atoms with Crippen LogP contribution in [-0.2, 0) is 0 Å². The first kappa shape index (κ1) is 16.2. The van der Waals surface area contributed by atoms with Gasteiger partial charge < -0.3 is 11.1 Å². The van der Waals surface area contributed by atoms with Crippen LogP contribution in [-0.4, -0.2) is 21.2 Å². The predicted octanol–water partition coefficient (Wildman–Crippen LogP) is 2.98. The molecule has 0 aliphatic heterocycles. The van der Waals surface area contributed by atoms with E-state index in [1.807, 2.05) is 39.1 Å². The maximum atomic E-state index is 12.8. The monoisotopic (exact) mass is 342 g/mol. The van der Waals surface area contributed by atoms with Crippen molar-refractivity contribution in [3.8, 4) is 0 Å². The Labute approximate surface area is 143 Å². The van der Waals surface area contributed by atoms with Crippen LogP contribution in [0.5, 0.6) is 0 Å². The standard InChI is InChI=1S/C17H18N4O2S/c1-8-5-6-21-12(7-8)19-10(3)14(21)16(23)20-17-13(15(18)22)9(2)11(4)24-17/h5-7H,1-4H3,(H2,18,22)(H,20,23). The van der Waals surface area contributed by atoms with Crippen LogP contribution in [0.25, 0.3) is 5.65 Å². The highest BCUT2D eigenvalue weighted by Crippen LogP contribution is 2.32. The van der Waals surface area contributed by atoms with Gasteiger partial charge in [0, 0.05) is 11.1 Å². The molecule has 24 heavy (non-hydrogen) atoms. The van der Waals surface area contributed by atoms with Crippen LogP contribution in [0.2, 0.25) is 0 Å². The van der Waals surface area contributed by atoms with Gasteiger partial charge in [-0.2, -0.15) is 0 Å². The number of nitrogens with two attached hydrogens (primary N) is 1. The molecule has 0 radical (unpaired) electrons. The summed E-state index contributed by atoms with van der Waals surface area (Å²) in [6, 6.07) is 3.83. The van der Waals surface area contributed by atoms with Crippen LogP contribution >= 0.6 is 11.3 Å². The lowest BCUT2D eigenvalue weighted by Gasteiger charge is -2.06. The molecule has 7 heteroatoms. The maximum Gasteiger partial charge on any atom is 0.275 e. The molecular formula is C17H18N4O2S. The Hall–Kier alpha value is -2.67. The number of carbonyl (C=O) groups excluding carboxylic acids is 2. The lowest BCUT2D eigenvalue weighted by Crippen LogP contribution is -2.19. The average molecular weight is 342 g/mol. The van der Waals surface area contributed by atoms with Crippen molar-refractivity contribution >= 4 is 33.8 Å². The minimum atomic E-state index is -0.544. The molecular weight excluding hydrogens is 324 g/mol. The van der Waals surface area contributed by atoms with E-state index in [0.29, 0.717) is 27.6 Å². The SMILES string of the molecule is Cc1ccn2c(C(=O)Nc3sc(C)c(C)c3C(N)=O)c(C)nc2c1. The van der Waals surface area contributed by atoms with Crippen molar-refractivity contribution in [1.29, 1.82) is 0 Å². The third kappa shape index (κ3) is 2.56. The van der Waals surface area contributed by atoms with E-state index in [2.05, 4.69) is 10.3 Å². The van der Waals surface area contributed by atoms with Gasteiger partial charge in [-0.25, -0.2) is 4.98 Å². The number of aromatic nitrogens is 2. The van der Waals surface area contributed by atoms with Gasteiger partial charge in [-0.05, 0) is 51.0 Å². The molecule has 0 fully saturated rings. The van der Waals surface area contributed by atoms with Crippen molar-refractivity contribution < 1.29 is 9.59 Å². The summed E-state index contributed by atoms with van der Waals surface area (Å²) >= 11 is 1.35. The molecule has 124 valence electrons. The van der Waals surface area contributed by atoms with Crippen LogP contribution in [0.15, 0.2) is 18.3 Å². The fourth-order valence-electron chi connectivity index (χ4n) is 2.71. The molecule has 0 aliphatic carbocycles. The zero-order valence-corrected chi connectivity index (χ0v) is 14.7. The Morgan fingerprint density at radius 2 is 1.96 bits per heavy atom. The van der Waals surface area contributed by atoms with E-state index in [-0.39, 0.29) is 5.91 Å². The van der Waals surface area contributed by atoms with E-state index in [1.54, 1.807) is 11.3 Å². The van der Waals surface area contributed by atoms with Crippen molar-refractivity contribution in [3.05, 3.63) is 51.3 Å². The topological polar surface area (TPSA) is 89.5 Å². The van der Waals surface area contributed by atoms with Gasteiger partial charge in [0.15, 0.2) is 0 Å². The summed E-state index contributed by atoms with van der Waals surface area (Å²) in [5, 5.41) is 3.30. The van der Waals surface area contributed by atoms with E-state index in [0.717, 1.165) is 16.0 Å². The highest BCUT2D eigenvalue weighted by molar-refractivity contribution is 7.16. The molecule has 3 N–H and O–H groups in total. The summed E-state index contributed by atoms with van der Waals surface area (Å²) in [6.45, 7) is 7.48. The summed E-state index contributed by atoms with van der Waals surface area (Å²) in [6.07, 6.45) is 1.82. The van der Waals surface area contributed by atoms with Crippen molar-refractivity contribution in [2.45, 2.75) is 27.7 Å². The van der Waals surface area contributed by atoms with E-state index < -0.39 is 5.91 Å². The van der Waals surface area contributed by atoms with Crippen molar-refractivity contribution in [1.82, 2.24) is 9.38 Å². The highest BCUT2D eigenvalue weighted by Gasteiger charge is 2.22. The lowest BCUT2D eigenvalue weighted by atomic mass is 10.1. The Balaban J connectivity index is 2.04. The van der Waals surface area contributed by atoms with Gasteiger partial charge in [0.05, 0.1) is 11.3 Å². The Morgan fingerprint density at radius 1 is 1.25 bits per heavy atom. The molecule has 0 atom stereocenters. The van der Waals surface area contributed by atoms with Gasteiger partial charge in [0.1, 0.15) is 16.3 Å². The summed E-state index contributed by atoms with van der Waals surface area (Å²) in [5.74, 6) is -0.856. The smallest absolute Gasteiger partial charge is 0.275 e. The zero-order valence-electron chi connectivity index (χ0n) is 13.9. The third-order valence-electron chi connectivity index (χ3n) is 4.03. The first-order valence-corrected chi connectivity index (χ1v) is 8.27. The number of rotatable bonds is 3. The molecule has 2 amide bonds. The molecule has 0 spiro atoms. The number of nitrogens with zero attached hydrogens (tertiary/aromatic N) is 2. The molecule has 6 nitrogen and oxygen atoms in total. The Kier molecular flexibility index (Phi) is 3.88. The fraction of sp³-hybridized carbons (Fsp3) is 0.235. The number of aryl methyl sites for hydroxylation is 3. The van der Waals surface area contributed by atoms with E-state index in [4.69, 9.17) is 5.73 Å². The van der Waals surface area contributed by atoms with Crippen molar-refractivity contribution in [2.75, 3.05) is 5.32 Å². The molecule has 0 saturated heterocycles. The number of thiophene rings is 1. The number of pyridine rings is 1. The number of amides is 2. The number of nitrogens with one attached hydrogen (secondary N) is 1. The molecule has 0 unspecified atom stereocenters. The fourth-order valence-corrected chi connectivity index (χ4v) is 3.77. The number of hydrogen-bond donors (Lipinski definition) is 2. The van der Waals surface area contributed by atoms with Gasteiger partial charge in [0.2, 0.25) is 0 Å². The largest absolute Gasteiger partial charge is 0.365 e. The number of hydrogen-bond acceptors (Lipinski definition) is 4. The molecule has 0 aliphatic rings. The predicted molar refractivity (Wildman–Crippen MR) is 94.9 cm³/mol. The van der Waals surface area contributed by atoms with Crippen LogP contribution < -0.4 is 11.1 Å². The van der Waals surface area contributed by atoms with E-state index in [1.165, 1.54) is 11.3 Å². The van der Waals surface area contributed by atoms with E-state index in [9.17, 15) is 9.59 Å². The Morgan fingerprint density at radius 3 is 2.62 bits per heavy atom. The molecule has 3 heterocycles. The lowest BCUT2D eigenvalue weighted by molar-refractivity contribution is 0.100. The summed E-state index contributed by atoms with van der Waals surface area (Å²) < 4.78 is 1.74. The first-order chi connectivity index (χ1) is 11.3. The molecule has 0 bridgehead atoms. The minimum absolute atomic E-state index is 0.312. The second-order valence-electron chi connectivity index (χ2n) is 5.78. The normalized spacial score (nSPS) is 11.0. The van der Waals surface area contributed by atoms with Crippen molar-refractivity contribution in [3.63, 3.8) is 0 Å². The van der Waals surface area contributed by atoms with Crippen LogP contribution in [0.1, 0.15) is 42.5 Å². The van der Waals surface area contributed by atoms with Crippen molar-refractivity contribution in [2.24, 2.45) is 5.73 Å². The van der Waals surface area contributed by atoms with Crippen LogP contribution in [0.4, 0.5) is 5.00 Å². The number of carbonyl (C=O) groups is 2. The number of fused-ring (bicyclic) bond motifs is 1. The van der Waals surface area contributed by atoms with E-state index >= 15 is 0 Å². The first-order valence-electron chi connectivity index (χ1n) is 7.46. The van der Waals surface area contributed by atoms with Gasteiger partial charge in [-0.3, -0.25) is 14.0 Å². The van der Waals surface area contributed by atoms with Gasteiger partial charge in [-0.15, -0.1) is 11.3 Å². The number of primary amides is 1. The summed E-state index contributed by atoms with van der Waals surface area (Å²) in [7, 11) is 0. The number of anilines is 1. The molecule has 0 saturated carbocycles. The quantitative estimate of drug-likeness (QED) is 0.767. The number of imidazole rings is 1. The second-order valence-corrected chi connectivity index (χ2v) is 7.01. The van der Waals surface area contributed by atoms with Gasteiger partial charge in [0.25, 0.3) is 11.8 Å². The highest BCUT2D eigenvalue weighted by atomic mass is 32.1. The summed E-state index contributed by atoms with van der Waals surface area (Å²) in [5.41, 5.74) is 9.49. The van der Waals surface area contributed by atoms with Gasteiger partial charge in [-0.1, -0.05) is 0 Å². The van der Waals surface area contributed by atoms with Crippen LogP contribution in [0, 0.1) is 27.7 Å². The zero-order chi connectivity index (χ0) is 17.6. The molecule has 3 aromatic heterocycles. The second kappa shape index (κ2) is 5.76. The minimum Gasteiger partial charge on any atom is -0.365 e. The molecule has 3 rings (SSSR count). The third-order valence-corrected chi connectivity index (χ3v) is 5.15. The van der Waals surface area contributed by atoms with Gasteiger partial charge >= 0.3 is 0 Å².